The second kappa shape index (κ2) is 8.16. The van der Waals surface area contributed by atoms with Crippen molar-refractivity contribution in [3.63, 3.8) is 0 Å². The number of aromatic nitrogens is 2. The molecule has 0 amide bonds. The quantitative estimate of drug-likeness (QED) is 0.309. The van der Waals surface area contributed by atoms with Crippen LogP contribution >= 0.6 is 20.0 Å². The van der Waals surface area contributed by atoms with E-state index in [-0.39, 0.29) is 17.0 Å². The molecule has 0 aliphatic carbocycles. The number of alkyl halides is 1. The number of phosphoric ester groups is 1. The lowest BCUT2D eigenvalue weighted by Gasteiger charge is -2.42. The van der Waals surface area contributed by atoms with Gasteiger partial charge in [-0.1, -0.05) is 30.4 Å². The minimum atomic E-state index is -4.67. The monoisotopic (exact) mass is 504 g/mol. The van der Waals surface area contributed by atoms with Crippen LogP contribution in [0.5, 0.6) is 5.75 Å². The Hall–Kier alpha value is -1.73. The molecule has 16 heteroatoms. The fourth-order valence-corrected chi connectivity index (χ4v) is 5.21. The van der Waals surface area contributed by atoms with Gasteiger partial charge in [-0.05, 0) is 19.4 Å². The molecule has 5 atom stereocenters. The maximum Gasteiger partial charge on any atom is 0.529 e. The van der Waals surface area contributed by atoms with E-state index in [4.69, 9.17) is 54.1 Å². The average Bonchev–Trinajstić information content (AvgIpc) is 2.93. The number of aliphatic hydroxyl groups excluding tert-OH is 2. The zero-order valence-electron chi connectivity index (χ0n) is 17.9. The second-order valence-electron chi connectivity index (χ2n) is 8.09. The molecule has 2 aliphatic rings. The first kappa shape index (κ1) is 25.4. The van der Waals surface area contributed by atoms with Crippen LogP contribution in [-0.2, 0) is 30.6 Å². The van der Waals surface area contributed by atoms with Crippen LogP contribution in [0.15, 0.2) is 29.2 Å². The van der Waals surface area contributed by atoms with Crippen LogP contribution in [0.25, 0.3) is 0 Å². The maximum absolute atomic E-state index is 16.1. The van der Waals surface area contributed by atoms with Crippen LogP contribution in [-0.4, -0.2) is 66.8 Å². The summed E-state index contributed by atoms with van der Waals surface area (Å²) in [5, 5.41) is 17.8. The van der Waals surface area contributed by atoms with Gasteiger partial charge < -0.3 is 19.5 Å². The molecule has 2 aliphatic heterocycles. The minimum Gasteiger partial charge on any atom is -0.403 e. The Morgan fingerprint density at radius 1 is 1.32 bits per heavy atom. The smallest absolute Gasteiger partial charge is 0.403 e. The maximum atomic E-state index is 16.1. The summed E-state index contributed by atoms with van der Waals surface area (Å²) in [6, 6.07) is 5.03. The largest absolute Gasteiger partial charge is 0.529 e. The molecule has 0 saturated carbocycles. The predicted octanol–water partition coefficient (Wildman–Crippen LogP) is 0.444. The summed E-state index contributed by atoms with van der Waals surface area (Å²) in [6.45, 7) is 2.92. The highest BCUT2D eigenvalue weighted by atomic mass is 32.1. The highest BCUT2D eigenvalue weighted by Gasteiger charge is 2.69. The summed E-state index contributed by atoms with van der Waals surface area (Å²) in [4.78, 5) is 14.7. The zero-order valence-corrected chi connectivity index (χ0v) is 19.6. The Bertz CT molecular complexity index is 1320. The number of aliphatic hydroxyl groups is 2. The van der Waals surface area contributed by atoms with E-state index in [1.165, 1.54) is 6.92 Å². The molecule has 1 fully saturated rings. The molecule has 10 nitrogen and oxygen atoms in total. The van der Waals surface area contributed by atoms with E-state index in [2.05, 4.69) is 4.98 Å². The van der Waals surface area contributed by atoms with Crippen LogP contribution < -0.4 is 10.2 Å². The summed E-state index contributed by atoms with van der Waals surface area (Å²) in [5.74, 6) is -3.56. The van der Waals surface area contributed by atoms with Crippen molar-refractivity contribution in [1.82, 2.24) is 9.55 Å². The molecule has 1 saturated heterocycles. The Balaban J connectivity index is 1.69. The van der Waals surface area contributed by atoms with Gasteiger partial charge in [0.1, 0.15) is 51.8 Å². The molecule has 34 heavy (non-hydrogen) atoms. The summed E-state index contributed by atoms with van der Waals surface area (Å²) < 4.78 is 50.3. The van der Waals surface area contributed by atoms with Crippen molar-refractivity contribution in [2.75, 3.05) is 0 Å². The van der Waals surface area contributed by atoms with Gasteiger partial charge in [-0.25, -0.2) is 13.8 Å². The molecular weight excluding hydrogens is 487 g/mol. The van der Waals surface area contributed by atoms with E-state index in [9.17, 15) is 19.6 Å². The van der Waals surface area contributed by atoms with Crippen LogP contribution in [0.1, 0.15) is 16.7 Å². The third-order valence-electron chi connectivity index (χ3n) is 5.58. The van der Waals surface area contributed by atoms with Crippen molar-refractivity contribution in [3.05, 3.63) is 56.2 Å². The van der Waals surface area contributed by atoms with Gasteiger partial charge in [-0.3, -0.25) is 18.6 Å². The number of fused-ring (bicyclic) bond motifs is 1. The Kier molecular flexibility index (Phi) is 6.09. The topological polar surface area (TPSA) is 132 Å². The van der Waals surface area contributed by atoms with Crippen LogP contribution in [0.4, 0.5) is 4.39 Å². The summed E-state index contributed by atoms with van der Waals surface area (Å²) in [6.07, 6.45) is -3.80. The van der Waals surface area contributed by atoms with Crippen molar-refractivity contribution in [2.45, 2.75) is 49.5 Å². The molecule has 3 heterocycles. The molecule has 0 bridgehead atoms. The first-order valence-corrected chi connectivity index (χ1v) is 11.7. The van der Waals surface area contributed by atoms with Crippen molar-refractivity contribution >= 4 is 43.6 Å². The van der Waals surface area contributed by atoms with E-state index < -0.39 is 42.6 Å². The Morgan fingerprint density at radius 3 is 2.68 bits per heavy atom. The fraction of sp³-hybridized carbons (Fsp3) is 0.444. The van der Waals surface area contributed by atoms with Gasteiger partial charge in [0.2, 0.25) is 0 Å². The predicted molar refractivity (Wildman–Crippen MR) is 121 cm³/mol. The minimum absolute atomic E-state index is 0.0556. The van der Waals surface area contributed by atoms with Gasteiger partial charge in [-0.15, -0.1) is 0 Å². The van der Waals surface area contributed by atoms with Crippen molar-refractivity contribution < 1.29 is 37.5 Å². The van der Waals surface area contributed by atoms with Gasteiger partial charge in [0.25, 0.3) is 5.85 Å². The number of nitrogens with one attached hydrogen (secondary N) is 1. The molecule has 3 N–H and O–H groups in total. The lowest BCUT2D eigenvalue weighted by atomic mass is 9.59. The lowest BCUT2D eigenvalue weighted by Crippen LogP contribution is -2.60. The molecule has 2 aromatic rings. The van der Waals surface area contributed by atoms with Gasteiger partial charge >= 0.3 is 13.5 Å². The fourth-order valence-electron chi connectivity index (χ4n) is 3.65. The summed E-state index contributed by atoms with van der Waals surface area (Å²) in [7, 11) is 12.8. The highest BCUT2D eigenvalue weighted by Crippen LogP contribution is 2.59. The number of phosphoric acid groups is 1. The van der Waals surface area contributed by atoms with Crippen molar-refractivity contribution in [2.24, 2.45) is 0 Å². The van der Waals surface area contributed by atoms with Crippen LogP contribution in [0, 0.1) is 18.5 Å². The molecule has 0 spiro atoms. The number of halogens is 1. The first-order chi connectivity index (χ1) is 15.6. The van der Waals surface area contributed by atoms with Crippen molar-refractivity contribution in [3.8, 4) is 5.75 Å². The second-order valence-corrected chi connectivity index (χ2v) is 10.0. The number of hydrogen-bond donors (Lipinski definition) is 3. The third-order valence-corrected chi connectivity index (χ3v) is 7.38. The number of hydrogen-bond acceptors (Lipinski definition) is 9. The van der Waals surface area contributed by atoms with Gasteiger partial charge in [0.15, 0.2) is 0 Å². The van der Waals surface area contributed by atoms with E-state index in [0.717, 1.165) is 6.20 Å². The summed E-state index contributed by atoms with van der Waals surface area (Å²) >= 11 is 4.95. The van der Waals surface area contributed by atoms with Crippen LogP contribution in [0.2, 0.25) is 0 Å². The van der Waals surface area contributed by atoms with Gasteiger partial charge in [0.05, 0.1) is 12.0 Å². The number of nitrogens with zero attached hydrogens (tertiary/aromatic N) is 1. The normalized spacial score (nSPS) is 33.3. The van der Waals surface area contributed by atoms with E-state index >= 15 is 4.39 Å². The van der Waals surface area contributed by atoms with E-state index in [0.29, 0.717) is 21.3 Å². The molecule has 1 unspecified atom stereocenters. The van der Waals surface area contributed by atoms with Crippen molar-refractivity contribution in [1.29, 1.82) is 0 Å². The highest BCUT2D eigenvalue weighted by molar-refractivity contribution is 7.71. The average molecular weight is 504 g/mol. The number of benzene rings is 1. The summed E-state index contributed by atoms with van der Waals surface area (Å²) in [5.41, 5.74) is -2.30. The van der Waals surface area contributed by atoms with Crippen LogP contribution in [0.3, 0.4) is 0 Å². The molecule has 4 rings (SSSR count). The standard InChI is InChI=1S/C18H17B3FN2O8PS/c1-8-4-3-5-10-7-29-33(28,30-11(8)10)32-18(20,21)16(22)12(25)13(26)17(19,31-16)24-6-9(2)14(34)23-15(24)27/h3-6,12-13,25-26H,7H2,1-2H3,(H,23,27,34)/t12-,13+,16-,17-,33?/m0/s1. The number of para-hydroxylation sites is 1. The molecular formula is C18H17B3FN2O8PS. The molecule has 6 radical (unpaired) electrons. The van der Waals surface area contributed by atoms with E-state index in [1.807, 2.05) is 0 Å². The number of aromatic amines is 1. The number of ether oxygens (including phenoxy) is 1. The van der Waals surface area contributed by atoms with Gasteiger partial charge in [-0.2, -0.15) is 0 Å². The Morgan fingerprint density at radius 2 is 2.00 bits per heavy atom. The molecule has 1 aromatic carbocycles. The SMILES string of the molecule is [B]C([B])(OP1(=O)OCc2cccc(C)c2O1)[C@@]1(F)O[C@@]([B])(n2cc(C)c(=S)[nH]c2=O)[C@H](O)[C@@H]1O. The lowest BCUT2D eigenvalue weighted by molar-refractivity contribution is -0.240. The Labute approximate surface area is 202 Å². The molecule has 174 valence electrons. The number of H-pyrrole nitrogens is 1. The number of rotatable bonds is 4. The third kappa shape index (κ3) is 3.83. The number of aryl methyl sites for hydroxylation is 2. The van der Waals surface area contributed by atoms with E-state index in [1.54, 1.807) is 25.1 Å². The zero-order chi connectivity index (χ0) is 25.3. The molecule has 1 aromatic heterocycles. The first-order valence-electron chi connectivity index (χ1n) is 9.82. The van der Waals surface area contributed by atoms with Gasteiger partial charge in [0, 0.05) is 17.3 Å².